The van der Waals surface area contributed by atoms with Crippen molar-refractivity contribution < 1.29 is 14.6 Å². The Morgan fingerprint density at radius 3 is 2.78 bits per heavy atom. The molecule has 192 valence electrons. The van der Waals surface area contributed by atoms with Crippen molar-refractivity contribution >= 4 is 28.4 Å². The molecule has 1 aromatic carbocycles. The number of anilines is 2. The first kappa shape index (κ1) is 23.6. The minimum atomic E-state index is -0.227. The molecule has 2 fully saturated rings. The molecule has 37 heavy (non-hydrogen) atoms. The van der Waals surface area contributed by atoms with E-state index < -0.39 is 0 Å². The second-order valence-corrected chi connectivity index (χ2v) is 9.69. The summed E-state index contributed by atoms with van der Waals surface area (Å²) in [7, 11) is 1.95. The third-order valence-corrected chi connectivity index (χ3v) is 6.98. The van der Waals surface area contributed by atoms with Crippen LogP contribution in [0.2, 0.25) is 0 Å². The van der Waals surface area contributed by atoms with Crippen LogP contribution in [0.1, 0.15) is 21.6 Å². The molecule has 0 saturated carbocycles. The van der Waals surface area contributed by atoms with Gasteiger partial charge in [0.1, 0.15) is 0 Å². The number of rotatable bonds is 6. The van der Waals surface area contributed by atoms with Crippen LogP contribution in [0.15, 0.2) is 42.9 Å². The van der Waals surface area contributed by atoms with Crippen LogP contribution in [-0.2, 0) is 18.3 Å². The highest BCUT2D eigenvalue weighted by Gasteiger charge is 2.25. The first-order chi connectivity index (χ1) is 17.9. The van der Waals surface area contributed by atoms with Crippen molar-refractivity contribution in [2.45, 2.75) is 19.6 Å². The van der Waals surface area contributed by atoms with E-state index in [1.807, 2.05) is 60.1 Å². The minimum absolute atomic E-state index is 0.0156. The van der Waals surface area contributed by atoms with Gasteiger partial charge in [-0.05, 0) is 25.1 Å². The van der Waals surface area contributed by atoms with Gasteiger partial charge in [-0.1, -0.05) is 0 Å². The number of carbonyl (C=O) groups is 1. The Kier molecular flexibility index (Phi) is 6.11. The summed E-state index contributed by atoms with van der Waals surface area (Å²) >= 11 is 0. The number of nitrogens with zero attached hydrogens (tertiary/aromatic N) is 7. The van der Waals surface area contributed by atoms with E-state index in [-0.39, 0.29) is 12.0 Å². The van der Waals surface area contributed by atoms with Crippen molar-refractivity contribution in [3.63, 3.8) is 0 Å². The number of aliphatic hydroxyl groups excluding tert-OH is 1. The molecule has 11 heteroatoms. The average molecular weight is 503 g/mol. The molecule has 4 aromatic rings. The van der Waals surface area contributed by atoms with Crippen LogP contribution < -0.4 is 5.32 Å². The first-order valence-corrected chi connectivity index (χ1v) is 12.5. The lowest BCUT2D eigenvalue weighted by Crippen LogP contribution is -2.49. The Bertz CT molecular complexity index is 1450. The van der Waals surface area contributed by atoms with E-state index in [2.05, 4.69) is 25.3 Å². The molecule has 0 atom stereocenters. The van der Waals surface area contributed by atoms with Gasteiger partial charge in [0.15, 0.2) is 5.82 Å². The molecule has 0 bridgehead atoms. The number of aromatic nitrogens is 5. The quantitative estimate of drug-likeness (QED) is 0.411. The summed E-state index contributed by atoms with van der Waals surface area (Å²) in [6.07, 6.45) is 5.34. The molecule has 0 spiro atoms. The summed E-state index contributed by atoms with van der Waals surface area (Å²) in [4.78, 5) is 26.3. The molecule has 2 aliphatic rings. The number of morpholine rings is 1. The maximum Gasteiger partial charge on any atom is 0.256 e. The number of hydrogen-bond donors (Lipinski definition) is 2. The third kappa shape index (κ3) is 4.68. The highest BCUT2D eigenvalue weighted by Crippen LogP contribution is 2.27. The maximum absolute atomic E-state index is 13.2. The highest BCUT2D eigenvalue weighted by atomic mass is 16.5. The average Bonchev–Trinajstić information content (AvgIpc) is 3.42. The standard InChI is InChI=1S/C26H30N8O3/c1-17-18(12-32-14-20(35)15-32)13-34(30-17)24-5-6-27-26(29-24)28-19-3-4-23-21(11-19)22(16-31(23)2)25(36)33-7-9-37-10-8-33/h3-6,11,13,16,20,35H,7-10,12,14-15H2,1-2H3,(H,27,28,29). The number of β-amino-alcohol motifs (C(OH)–C–C–N with tert-alkyl or cyclic N) is 1. The van der Waals surface area contributed by atoms with E-state index in [9.17, 15) is 9.90 Å². The lowest BCUT2D eigenvalue weighted by Gasteiger charge is -2.35. The molecule has 2 N–H and O–H groups in total. The van der Waals surface area contributed by atoms with Crippen LogP contribution in [0.4, 0.5) is 11.6 Å². The van der Waals surface area contributed by atoms with E-state index in [4.69, 9.17) is 4.74 Å². The second-order valence-electron chi connectivity index (χ2n) is 9.69. The van der Waals surface area contributed by atoms with E-state index >= 15 is 0 Å². The summed E-state index contributed by atoms with van der Waals surface area (Å²) in [6, 6.07) is 7.73. The summed E-state index contributed by atoms with van der Waals surface area (Å²) in [6.45, 7) is 6.44. The third-order valence-electron chi connectivity index (χ3n) is 6.98. The van der Waals surface area contributed by atoms with Crippen LogP contribution in [0.25, 0.3) is 16.7 Å². The zero-order valence-electron chi connectivity index (χ0n) is 21.0. The van der Waals surface area contributed by atoms with E-state index in [1.165, 1.54) is 0 Å². The molecule has 1 amide bonds. The number of aliphatic hydroxyl groups is 1. The number of ether oxygens (including phenoxy) is 1. The predicted octanol–water partition coefficient (Wildman–Crippen LogP) is 1.85. The van der Waals surface area contributed by atoms with Crippen LogP contribution in [0.3, 0.4) is 0 Å². The molecular weight excluding hydrogens is 472 g/mol. The van der Waals surface area contributed by atoms with Gasteiger partial charge in [0.25, 0.3) is 5.91 Å². The zero-order valence-corrected chi connectivity index (χ0v) is 21.0. The number of nitrogens with one attached hydrogen (secondary N) is 1. The van der Waals surface area contributed by atoms with Gasteiger partial charge in [0.2, 0.25) is 5.95 Å². The van der Waals surface area contributed by atoms with Gasteiger partial charge >= 0.3 is 0 Å². The SMILES string of the molecule is Cc1nn(-c2ccnc(Nc3ccc4c(c3)c(C(=O)N3CCOCC3)cn4C)n2)cc1CN1CC(O)C1. The fourth-order valence-electron chi connectivity index (χ4n) is 4.92. The van der Waals surface area contributed by atoms with Gasteiger partial charge in [0, 0.05) is 86.6 Å². The van der Waals surface area contributed by atoms with Crippen molar-refractivity contribution in [3.8, 4) is 5.82 Å². The molecular formula is C26H30N8O3. The Balaban J connectivity index is 1.23. The van der Waals surface area contributed by atoms with Crippen LogP contribution in [0.5, 0.6) is 0 Å². The van der Waals surface area contributed by atoms with Crippen molar-refractivity contribution in [3.05, 3.63) is 59.7 Å². The van der Waals surface area contributed by atoms with Gasteiger partial charge in [-0.2, -0.15) is 10.1 Å². The fourth-order valence-corrected chi connectivity index (χ4v) is 4.92. The second kappa shape index (κ2) is 9.58. The van der Waals surface area contributed by atoms with Crippen LogP contribution in [0, 0.1) is 6.92 Å². The Morgan fingerprint density at radius 1 is 1.19 bits per heavy atom. The lowest BCUT2D eigenvalue weighted by molar-refractivity contribution is -0.00297. The van der Waals surface area contributed by atoms with Crippen LogP contribution in [-0.4, -0.2) is 90.6 Å². The highest BCUT2D eigenvalue weighted by molar-refractivity contribution is 6.07. The smallest absolute Gasteiger partial charge is 0.256 e. The normalized spacial score (nSPS) is 16.8. The lowest BCUT2D eigenvalue weighted by atomic mass is 10.1. The summed E-state index contributed by atoms with van der Waals surface area (Å²) in [5.74, 6) is 1.11. The van der Waals surface area contributed by atoms with Crippen molar-refractivity contribution in [1.82, 2.24) is 34.1 Å². The van der Waals surface area contributed by atoms with Crippen LogP contribution >= 0.6 is 0 Å². The van der Waals surface area contributed by atoms with Gasteiger partial charge in [-0.15, -0.1) is 0 Å². The molecule has 6 rings (SSSR count). The maximum atomic E-state index is 13.2. The molecule has 0 radical (unpaired) electrons. The number of benzene rings is 1. The van der Waals surface area contributed by atoms with Crippen molar-refractivity contribution in [2.75, 3.05) is 44.7 Å². The summed E-state index contributed by atoms with van der Waals surface area (Å²) < 4.78 is 9.13. The van der Waals surface area contributed by atoms with E-state index in [1.54, 1.807) is 10.9 Å². The number of amides is 1. The van der Waals surface area contributed by atoms with Crippen molar-refractivity contribution in [1.29, 1.82) is 0 Å². The topological polar surface area (TPSA) is 114 Å². The molecule has 2 saturated heterocycles. The van der Waals surface area contributed by atoms with Gasteiger partial charge in [0.05, 0.1) is 30.6 Å². The molecule has 5 heterocycles. The molecule has 0 unspecified atom stereocenters. The molecule has 0 aliphatic carbocycles. The number of likely N-dealkylation sites (tertiary alicyclic amines) is 1. The first-order valence-electron chi connectivity index (χ1n) is 12.5. The van der Waals surface area contributed by atoms with Crippen molar-refractivity contribution in [2.24, 2.45) is 7.05 Å². The Labute approximate surface area is 214 Å². The number of carbonyl (C=O) groups excluding carboxylic acids is 1. The molecule has 11 nitrogen and oxygen atoms in total. The number of hydrogen-bond acceptors (Lipinski definition) is 8. The summed E-state index contributed by atoms with van der Waals surface area (Å²) in [5, 5.41) is 18.3. The number of aryl methyl sites for hydroxylation is 2. The van der Waals surface area contributed by atoms with Gasteiger partial charge in [-0.25, -0.2) is 9.67 Å². The predicted molar refractivity (Wildman–Crippen MR) is 138 cm³/mol. The fraction of sp³-hybridized carbons (Fsp3) is 0.385. The monoisotopic (exact) mass is 502 g/mol. The minimum Gasteiger partial charge on any atom is -0.390 e. The summed E-state index contributed by atoms with van der Waals surface area (Å²) in [5.41, 5.74) is 4.48. The largest absolute Gasteiger partial charge is 0.390 e. The van der Waals surface area contributed by atoms with Gasteiger partial charge < -0.3 is 24.6 Å². The number of fused-ring (bicyclic) bond motifs is 1. The van der Waals surface area contributed by atoms with E-state index in [0.717, 1.165) is 34.4 Å². The Morgan fingerprint density at radius 2 is 2.00 bits per heavy atom. The molecule has 2 aliphatic heterocycles. The zero-order chi connectivity index (χ0) is 25.5. The Hall–Kier alpha value is -3.80. The van der Waals surface area contributed by atoms with Gasteiger partial charge in [-0.3, -0.25) is 9.69 Å². The van der Waals surface area contributed by atoms with E-state index in [0.29, 0.717) is 56.7 Å². The molecule has 3 aromatic heterocycles.